The number of carboxylic acid groups (broad SMARTS) is 1. The molecule has 1 N–H and O–H groups in total. The number of carbonyl (C=O) groups is 2. The molecule has 2 saturated carbocycles. The minimum Gasteiger partial charge on any atom is -0.478 e. The average Bonchev–Trinajstić information content (AvgIpc) is 3.42. The number of hydrogen-bond acceptors (Lipinski definition) is 5. The van der Waals surface area contributed by atoms with Crippen molar-refractivity contribution < 1.29 is 19.4 Å². The van der Waals surface area contributed by atoms with Crippen molar-refractivity contribution in [2.45, 2.75) is 17.8 Å². The van der Waals surface area contributed by atoms with E-state index in [1.807, 2.05) is 19.4 Å². The van der Waals surface area contributed by atoms with Gasteiger partial charge >= 0.3 is 11.9 Å². The van der Waals surface area contributed by atoms with E-state index < -0.39 is 11.9 Å². The van der Waals surface area contributed by atoms with Crippen molar-refractivity contribution in [3.05, 3.63) is 65.2 Å². The first-order valence-electron chi connectivity index (χ1n) is 8.96. The molecular weight excluding hydrogens is 360 g/mol. The largest absolute Gasteiger partial charge is 0.478 e. The zero-order chi connectivity index (χ0) is 19.6. The van der Waals surface area contributed by atoms with Crippen LogP contribution in [0, 0.1) is 5.92 Å². The summed E-state index contributed by atoms with van der Waals surface area (Å²) >= 11 is 0. The molecule has 142 valence electrons. The van der Waals surface area contributed by atoms with Crippen molar-refractivity contribution in [3.63, 3.8) is 0 Å². The molecule has 3 atom stereocenters. The van der Waals surface area contributed by atoms with Gasteiger partial charge in [0.15, 0.2) is 0 Å². The fraction of sp³-hybridized carbons (Fsp3) is 0.300. The number of ether oxygens (including phenoxy) is 1. The number of fused-ring (bicyclic) bond motifs is 1. The van der Waals surface area contributed by atoms with E-state index >= 15 is 0 Å². The van der Waals surface area contributed by atoms with Gasteiger partial charge in [-0.1, -0.05) is 6.07 Å². The Labute approximate surface area is 160 Å². The number of benzene rings is 1. The highest BCUT2D eigenvalue weighted by molar-refractivity contribution is 5.92. The Balaban J connectivity index is 1.62. The summed E-state index contributed by atoms with van der Waals surface area (Å²) in [7, 11) is 3.23. The Hall–Kier alpha value is -3.42. The molecule has 2 aliphatic carbocycles. The molecule has 0 spiro atoms. The first-order chi connectivity index (χ1) is 13.5. The van der Waals surface area contributed by atoms with E-state index in [2.05, 4.69) is 10.2 Å². The van der Waals surface area contributed by atoms with Gasteiger partial charge in [-0.15, -0.1) is 0 Å². The fourth-order valence-electron chi connectivity index (χ4n) is 4.42. The van der Waals surface area contributed by atoms with E-state index in [4.69, 9.17) is 4.74 Å². The third-order valence-electron chi connectivity index (χ3n) is 5.99. The van der Waals surface area contributed by atoms with Crippen LogP contribution in [0.3, 0.4) is 0 Å². The number of methoxy groups -OCH3 is 1. The van der Waals surface area contributed by atoms with Crippen LogP contribution in [0.2, 0.25) is 0 Å². The van der Waals surface area contributed by atoms with Gasteiger partial charge in [-0.05, 0) is 36.1 Å². The Kier molecular flexibility index (Phi) is 3.31. The van der Waals surface area contributed by atoms with Crippen LogP contribution in [0.5, 0.6) is 0 Å². The quantitative estimate of drug-likeness (QED) is 0.683. The summed E-state index contributed by atoms with van der Waals surface area (Å²) in [5, 5.41) is 18.0. The maximum atomic E-state index is 12.4. The number of nitrogens with zero attached hydrogens (tertiary/aromatic N) is 4. The second-order valence-electron chi connectivity index (χ2n) is 7.43. The molecule has 0 aliphatic heterocycles. The molecule has 3 aromatic rings. The summed E-state index contributed by atoms with van der Waals surface area (Å²) in [6.45, 7) is 0. The summed E-state index contributed by atoms with van der Waals surface area (Å²) in [6.07, 6.45) is 6.45. The Morgan fingerprint density at radius 3 is 2.75 bits per heavy atom. The van der Waals surface area contributed by atoms with Gasteiger partial charge in [0.25, 0.3) is 0 Å². The van der Waals surface area contributed by atoms with E-state index in [-0.39, 0.29) is 16.9 Å². The molecule has 28 heavy (non-hydrogen) atoms. The zero-order valence-electron chi connectivity index (χ0n) is 15.4. The minimum atomic E-state index is -1.01. The second-order valence-corrected chi connectivity index (χ2v) is 7.43. The van der Waals surface area contributed by atoms with E-state index in [0.29, 0.717) is 17.2 Å². The van der Waals surface area contributed by atoms with Gasteiger partial charge in [0.2, 0.25) is 0 Å². The van der Waals surface area contributed by atoms with Crippen LogP contribution >= 0.6 is 0 Å². The number of carboxylic acids is 1. The monoisotopic (exact) mass is 378 g/mol. The lowest BCUT2D eigenvalue weighted by Crippen LogP contribution is -2.13. The molecule has 0 amide bonds. The molecule has 5 rings (SSSR count). The summed E-state index contributed by atoms with van der Waals surface area (Å²) in [5.41, 5.74) is 3.12. The Morgan fingerprint density at radius 2 is 2.11 bits per heavy atom. The van der Waals surface area contributed by atoms with Gasteiger partial charge in [-0.2, -0.15) is 10.2 Å². The second kappa shape index (κ2) is 5.54. The summed E-state index contributed by atoms with van der Waals surface area (Å²) < 4.78 is 8.41. The molecule has 8 nitrogen and oxygen atoms in total. The van der Waals surface area contributed by atoms with Crippen molar-refractivity contribution in [2.75, 3.05) is 7.11 Å². The molecule has 2 fully saturated rings. The van der Waals surface area contributed by atoms with E-state index in [0.717, 1.165) is 17.7 Å². The summed E-state index contributed by atoms with van der Waals surface area (Å²) in [4.78, 5) is 23.7. The molecular formula is C20H18N4O4. The fourth-order valence-corrected chi connectivity index (χ4v) is 4.42. The third kappa shape index (κ3) is 2.17. The van der Waals surface area contributed by atoms with Crippen LogP contribution in [-0.2, 0) is 17.2 Å². The molecule has 2 unspecified atom stereocenters. The normalized spacial score (nSPS) is 24.5. The van der Waals surface area contributed by atoms with E-state index in [1.165, 1.54) is 19.4 Å². The number of aromatic carboxylic acids is 1. The van der Waals surface area contributed by atoms with Crippen LogP contribution in [0.1, 0.15) is 44.3 Å². The van der Waals surface area contributed by atoms with Crippen LogP contribution in [-0.4, -0.2) is 43.7 Å². The minimum absolute atomic E-state index is 0.0147. The summed E-state index contributed by atoms with van der Waals surface area (Å²) in [5.74, 6) is -0.895. The Morgan fingerprint density at radius 1 is 1.29 bits per heavy atom. The molecule has 8 heteroatoms. The van der Waals surface area contributed by atoms with Gasteiger partial charge < -0.3 is 9.84 Å². The number of esters is 1. The van der Waals surface area contributed by atoms with Crippen LogP contribution < -0.4 is 0 Å². The standard InChI is InChI=1S/C20H18N4O4/c1-23-10-12(8-21-23)20-7-15(20)16(20)17-14(19(27)28-2)9-22-24(17)13-5-3-4-11(6-13)18(25)26/h3-6,8-10,15-16H,7H2,1-2H3,(H,25,26)/t15?,16?,20-/m1/s1. The van der Waals surface area contributed by atoms with Crippen LogP contribution in [0.15, 0.2) is 42.9 Å². The summed E-state index contributed by atoms with van der Waals surface area (Å²) in [6, 6.07) is 6.55. The molecule has 0 saturated heterocycles. The zero-order valence-corrected chi connectivity index (χ0v) is 15.4. The first kappa shape index (κ1) is 16.7. The predicted octanol–water partition coefficient (Wildman–Crippen LogP) is 2.15. The Bertz CT molecular complexity index is 1130. The molecule has 2 heterocycles. The number of hydrogen-bond donors (Lipinski definition) is 1. The van der Waals surface area contributed by atoms with Crippen molar-refractivity contribution >= 4 is 11.9 Å². The lowest BCUT2D eigenvalue weighted by Gasteiger charge is -2.15. The van der Waals surface area contributed by atoms with Gasteiger partial charge in [0, 0.05) is 24.6 Å². The van der Waals surface area contributed by atoms with Crippen molar-refractivity contribution in [2.24, 2.45) is 13.0 Å². The van der Waals surface area contributed by atoms with Gasteiger partial charge in [0.05, 0.1) is 36.4 Å². The molecule has 2 aromatic heterocycles. The lowest BCUT2D eigenvalue weighted by atomic mass is 9.95. The predicted molar refractivity (Wildman–Crippen MR) is 97.6 cm³/mol. The maximum Gasteiger partial charge on any atom is 0.341 e. The van der Waals surface area contributed by atoms with Crippen molar-refractivity contribution in [1.29, 1.82) is 0 Å². The highest BCUT2D eigenvalue weighted by atomic mass is 16.5. The van der Waals surface area contributed by atoms with Gasteiger partial charge in [-0.25, -0.2) is 14.3 Å². The maximum absolute atomic E-state index is 12.4. The number of aryl methyl sites for hydroxylation is 1. The average molecular weight is 378 g/mol. The highest BCUT2D eigenvalue weighted by Crippen LogP contribution is 2.84. The number of carbonyl (C=O) groups excluding carboxylic acids is 1. The third-order valence-corrected chi connectivity index (χ3v) is 5.99. The lowest BCUT2D eigenvalue weighted by molar-refractivity contribution is 0.0598. The number of aromatic nitrogens is 4. The molecule has 1 aromatic carbocycles. The van der Waals surface area contributed by atoms with Gasteiger partial charge in [0.1, 0.15) is 5.56 Å². The van der Waals surface area contributed by atoms with Crippen molar-refractivity contribution in [3.8, 4) is 5.69 Å². The highest BCUT2D eigenvalue weighted by Gasteiger charge is 2.81. The topological polar surface area (TPSA) is 99.2 Å². The van der Waals surface area contributed by atoms with Crippen LogP contribution in [0.4, 0.5) is 0 Å². The van der Waals surface area contributed by atoms with Crippen LogP contribution in [0.25, 0.3) is 5.69 Å². The molecule has 0 bridgehead atoms. The molecule has 2 aliphatic rings. The number of rotatable bonds is 5. The first-order valence-corrected chi connectivity index (χ1v) is 8.96. The molecule has 0 radical (unpaired) electrons. The van der Waals surface area contributed by atoms with E-state index in [9.17, 15) is 14.7 Å². The van der Waals surface area contributed by atoms with E-state index in [1.54, 1.807) is 27.6 Å². The van der Waals surface area contributed by atoms with Crippen molar-refractivity contribution in [1.82, 2.24) is 19.6 Å². The smallest absolute Gasteiger partial charge is 0.341 e. The van der Waals surface area contributed by atoms with Gasteiger partial charge in [-0.3, -0.25) is 4.68 Å². The SMILES string of the molecule is COC(=O)c1cnn(-c2cccc(C(=O)O)c2)c1C1C2C[C@@]21c1cnn(C)c1.